The van der Waals surface area contributed by atoms with Crippen LogP contribution in [0.4, 0.5) is 11.5 Å². The Morgan fingerprint density at radius 3 is 2.23 bits per heavy atom. The molecule has 0 amide bonds. The topological polar surface area (TPSA) is 62.3 Å². The third kappa shape index (κ3) is 3.90. The average molecular weight is 340 g/mol. The normalized spacial score (nSPS) is 11.2. The van der Waals surface area contributed by atoms with Gasteiger partial charge in [-0.1, -0.05) is 11.6 Å². The molecule has 1 heterocycles. The predicted octanol–water partition coefficient (Wildman–Crippen LogP) is 3.38. The first-order valence-electron chi connectivity index (χ1n) is 6.95. The van der Waals surface area contributed by atoms with Crippen molar-refractivity contribution in [2.24, 2.45) is 0 Å². The van der Waals surface area contributed by atoms with Gasteiger partial charge in [0.25, 0.3) is 10.0 Å². The van der Waals surface area contributed by atoms with E-state index in [1.54, 1.807) is 12.1 Å². The lowest BCUT2D eigenvalue weighted by molar-refractivity contribution is 0.601. The van der Waals surface area contributed by atoms with Crippen LogP contribution in [0.25, 0.3) is 0 Å². The van der Waals surface area contributed by atoms with E-state index in [2.05, 4.69) is 14.6 Å². The molecule has 118 valence electrons. The van der Waals surface area contributed by atoms with Gasteiger partial charge in [0.05, 0.1) is 16.8 Å². The second-order valence-corrected chi connectivity index (χ2v) is 6.76. The molecule has 7 heteroatoms. The summed E-state index contributed by atoms with van der Waals surface area (Å²) in [6.07, 6.45) is 1.52. The number of nitrogens with one attached hydrogen (secondary N) is 1. The largest absolute Gasteiger partial charge is 0.357 e. The van der Waals surface area contributed by atoms with Crippen molar-refractivity contribution in [3.05, 3.63) is 47.6 Å². The molecular weight excluding hydrogens is 322 g/mol. The third-order valence-corrected chi connectivity index (χ3v) is 4.86. The fraction of sp³-hybridized carbons (Fsp3) is 0.267. The lowest BCUT2D eigenvalue weighted by Gasteiger charge is -2.19. The second kappa shape index (κ2) is 6.98. The summed E-state index contributed by atoms with van der Waals surface area (Å²) in [5.74, 6) is 0.819. The monoisotopic (exact) mass is 339 g/mol. The average Bonchev–Trinajstić information content (AvgIpc) is 2.50. The van der Waals surface area contributed by atoms with Crippen LogP contribution >= 0.6 is 11.6 Å². The van der Waals surface area contributed by atoms with Crippen LogP contribution in [0.5, 0.6) is 0 Å². The molecule has 0 radical (unpaired) electrons. The van der Waals surface area contributed by atoms with E-state index in [0.717, 1.165) is 18.9 Å². The number of pyridine rings is 1. The van der Waals surface area contributed by atoms with E-state index in [1.165, 1.54) is 30.5 Å². The fourth-order valence-electron chi connectivity index (χ4n) is 2.01. The number of sulfonamides is 1. The molecule has 0 unspecified atom stereocenters. The van der Waals surface area contributed by atoms with E-state index in [4.69, 9.17) is 11.6 Å². The van der Waals surface area contributed by atoms with Crippen LogP contribution in [-0.4, -0.2) is 26.5 Å². The van der Waals surface area contributed by atoms with Gasteiger partial charge in [-0.05, 0) is 50.2 Å². The SMILES string of the molecule is CCN(CC)c1ccc(NS(=O)(=O)c2ccc(Cl)cc2)cn1. The van der Waals surface area contributed by atoms with E-state index in [-0.39, 0.29) is 4.90 Å². The molecule has 0 aliphatic heterocycles. The van der Waals surface area contributed by atoms with Crippen LogP contribution < -0.4 is 9.62 Å². The molecule has 0 atom stereocenters. The summed E-state index contributed by atoms with van der Waals surface area (Å²) in [6, 6.07) is 9.50. The Morgan fingerprint density at radius 2 is 1.73 bits per heavy atom. The van der Waals surface area contributed by atoms with Gasteiger partial charge in [0.15, 0.2) is 0 Å². The minimum Gasteiger partial charge on any atom is -0.357 e. The van der Waals surface area contributed by atoms with E-state index in [0.29, 0.717) is 10.7 Å². The molecule has 0 saturated carbocycles. The van der Waals surface area contributed by atoms with Crippen molar-refractivity contribution in [3.8, 4) is 0 Å². The van der Waals surface area contributed by atoms with Crippen LogP contribution in [0.2, 0.25) is 5.02 Å². The zero-order valence-electron chi connectivity index (χ0n) is 12.5. The molecule has 0 bridgehead atoms. The molecule has 0 saturated heterocycles. The number of rotatable bonds is 6. The first kappa shape index (κ1) is 16.6. The highest BCUT2D eigenvalue weighted by atomic mass is 35.5. The highest BCUT2D eigenvalue weighted by Crippen LogP contribution is 2.19. The van der Waals surface area contributed by atoms with Gasteiger partial charge in [-0.2, -0.15) is 0 Å². The molecule has 0 fully saturated rings. The molecule has 2 aromatic rings. The Hall–Kier alpha value is -1.79. The smallest absolute Gasteiger partial charge is 0.261 e. The van der Waals surface area contributed by atoms with Gasteiger partial charge in [0, 0.05) is 18.1 Å². The molecular formula is C15H18ClN3O2S. The summed E-state index contributed by atoms with van der Waals surface area (Å²) in [4.78, 5) is 6.53. The van der Waals surface area contributed by atoms with Crippen molar-refractivity contribution in [3.63, 3.8) is 0 Å². The standard InChI is InChI=1S/C15H18ClN3O2S/c1-3-19(4-2)15-10-7-13(11-17-15)18-22(20,21)14-8-5-12(16)6-9-14/h5-11,18H,3-4H2,1-2H3. The number of halogens is 1. The van der Waals surface area contributed by atoms with Gasteiger partial charge in [0.2, 0.25) is 0 Å². The first-order valence-corrected chi connectivity index (χ1v) is 8.81. The maximum atomic E-state index is 12.3. The summed E-state index contributed by atoms with van der Waals surface area (Å²) in [5.41, 5.74) is 0.422. The molecule has 0 aliphatic rings. The molecule has 1 N–H and O–H groups in total. The van der Waals surface area contributed by atoms with E-state index in [9.17, 15) is 8.42 Å². The minimum atomic E-state index is -3.64. The van der Waals surface area contributed by atoms with Crippen molar-refractivity contribution in [1.82, 2.24) is 4.98 Å². The van der Waals surface area contributed by atoms with Crippen molar-refractivity contribution >= 4 is 33.1 Å². The number of hydrogen-bond acceptors (Lipinski definition) is 4. The van der Waals surface area contributed by atoms with Crippen LogP contribution in [0.1, 0.15) is 13.8 Å². The lowest BCUT2D eigenvalue weighted by Crippen LogP contribution is -2.22. The first-order chi connectivity index (χ1) is 10.5. The quantitative estimate of drug-likeness (QED) is 0.876. The van der Waals surface area contributed by atoms with Crippen LogP contribution in [-0.2, 0) is 10.0 Å². The molecule has 1 aromatic heterocycles. The minimum absolute atomic E-state index is 0.157. The summed E-state index contributed by atoms with van der Waals surface area (Å²) < 4.78 is 27.0. The summed E-state index contributed by atoms with van der Waals surface area (Å²) in [7, 11) is -3.64. The van der Waals surface area contributed by atoms with Gasteiger partial charge in [0.1, 0.15) is 5.82 Å². The lowest BCUT2D eigenvalue weighted by atomic mass is 10.4. The number of anilines is 2. The number of aromatic nitrogens is 1. The van der Waals surface area contributed by atoms with Gasteiger partial charge in [-0.15, -0.1) is 0 Å². The van der Waals surface area contributed by atoms with Crippen molar-refractivity contribution in [2.45, 2.75) is 18.7 Å². The number of benzene rings is 1. The molecule has 2 rings (SSSR count). The maximum absolute atomic E-state index is 12.3. The summed E-state index contributed by atoms with van der Waals surface area (Å²) >= 11 is 5.77. The molecule has 0 aliphatic carbocycles. The Labute approximate surface area is 136 Å². The second-order valence-electron chi connectivity index (χ2n) is 4.64. The van der Waals surface area contributed by atoms with Gasteiger partial charge >= 0.3 is 0 Å². The Morgan fingerprint density at radius 1 is 1.09 bits per heavy atom. The molecule has 1 aromatic carbocycles. The number of nitrogens with zero attached hydrogens (tertiary/aromatic N) is 2. The van der Waals surface area contributed by atoms with Crippen molar-refractivity contribution in [2.75, 3.05) is 22.7 Å². The third-order valence-electron chi connectivity index (χ3n) is 3.21. The Kier molecular flexibility index (Phi) is 5.26. The van der Waals surface area contributed by atoms with Gasteiger partial charge < -0.3 is 4.90 Å². The summed E-state index contributed by atoms with van der Waals surface area (Å²) in [5, 5.41) is 0.490. The van der Waals surface area contributed by atoms with E-state index < -0.39 is 10.0 Å². The van der Waals surface area contributed by atoms with Crippen molar-refractivity contribution in [1.29, 1.82) is 0 Å². The van der Waals surface area contributed by atoms with Crippen LogP contribution in [0.15, 0.2) is 47.5 Å². The molecule has 22 heavy (non-hydrogen) atoms. The van der Waals surface area contributed by atoms with E-state index in [1.807, 2.05) is 13.8 Å². The van der Waals surface area contributed by atoms with Crippen LogP contribution in [0.3, 0.4) is 0 Å². The summed E-state index contributed by atoms with van der Waals surface area (Å²) in [6.45, 7) is 5.78. The highest BCUT2D eigenvalue weighted by molar-refractivity contribution is 7.92. The molecule has 0 spiro atoms. The zero-order chi connectivity index (χ0) is 16.2. The zero-order valence-corrected chi connectivity index (χ0v) is 14.0. The Bertz CT molecular complexity index is 711. The van der Waals surface area contributed by atoms with Gasteiger partial charge in [-0.25, -0.2) is 13.4 Å². The van der Waals surface area contributed by atoms with E-state index >= 15 is 0 Å². The van der Waals surface area contributed by atoms with Crippen molar-refractivity contribution < 1.29 is 8.42 Å². The predicted molar refractivity (Wildman–Crippen MR) is 90.1 cm³/mol. The molecule has 5 nitrogen and oxygen atoms in total. The fourth-order valence-corrected chi connectivity index (χ4v) is 3.18. The highest BCUT2D eigenvalue weighted by Gasteiger charge is 2.14. The number of hydrogen-bond donors (Lipinski definition) is 1. The Balaban J connectivity index is 2.18. The van der Waals surface area contributed by atoms with Gasteiger partial charge in [-0.3, -0.25) is 4.72 Å². The maximum Gasteiger partial charge on any atom is 0.261 e. The van der Waals surface area contributed by atoms with Crippen LogP contribution in [0, 0.1) is 0 Å².